The van der Waals surface area contributed by atoms with Crippen molar-refractivity contribution in [3.8, 4) is 0 Å². The molecule has 0 aliphatic heterocycles. The zero-order valence-corrected chi connectivity index (χ0v) is 5.84. The fraction of sp³-hybridized carbons (Fsp3) is 0. The zero-order chi connectivity index (χ0) is 7.40. The quantitative estimate of drug-likeness (QED) is 0.517. The molecule has 52 valence electrons. The van der Waals surface area contributed by atoms with Crippen LogP contribution in [0.1, 0.15) is 0 Å². The Labute approximate surface area is 63.5 Å². The number of nitrogens with one attached hydrogen (secondary N) is 1. The predicted molar refractivity (Wildman–Crippen MR) is 40.9 cm³/mol. The van der Waals surface area contributed by atoms with E-state index in [1.807, 2.05) is 0 Å². The molecule has 0 aromatic heterocycles. The van der Waals surface area contributed by atoms with Crippen molar-refractivity contribution < 1.29 is 0 Å². The normalized spacial score (nSPS) is 8.90. The Morgan fingerprint density at radius 3 is 2.70 bits per heavy atom. The van der Waals surface area contributed by atoms with E-state index < -0.39 is 0 Å². The smallest absolute Gasteiger partial charge is 0.0448 e. The number of hydrogen-bond donors (Lipinski definition) is 1. The van der Waals surface area contributed by atoms with Crippen molar-refractivity contribution in [2.24, 2.45) is 5.22 Å². The number of benzene rings is 1. The molecule has 0 bridgehead atoms. The van der Waals surface area contributed by atoms with Crippen molar-refractivity contribution >= 4 is 17.3 Å². The minimum absolute atomic E-state index is 0.528. The average Bonchev–Trinajstić information content (AvgIpc) is 1.94. The van der Waals surface area contributed by atoms with Gasteiger partial charge < -0.3 is 11.0 Å². The summed E-state index contributed by atoms with van der Waals surface area (Å²) in [6, 6.07) is 7.00. The van der Waals surface area contributed by atoms with Crippen LogP contribution >= 0.6 is 11.6 Å². The Balaban J connectivity index is 2.91. The van der Waals surface area contributed by atoms with Crippen molar-refractivity contribution in [3.05, 3.63) is 34.8 Å². The van der Waals surface area contributed by atoms with Gasteiger partial charge in [0, 0.05) is 5.02 Å². The lowest BCUT2D eigenvalue weighted by molar-refractivity contribution is 1.32. The number of hydrogen-bond acceptors (Lipinski definition) is 1. The number of anilines is 1. The number of para-hydroxylation sites is 1. The standard InChI is InChI=1S/C6H5ClN3/c7-5-3-1-2-4-6(5)9-10-8/h1-4H,(H-,8,9)/q-1. The van der Waals surface area contributed by atoms with Crippen molar-refractivity contribution in [3.63, 3.8) is 0 Å². The maximum atomic E-state index is 8.10. The van der Waals surface area contributed by atoms with Gasteiger partial charge in [-0.15, -0.1) is 0 Å². The van der Waals surface area contributed by atoms with Crippen molar-refractivity contribution in [2.75, 3.05) is 5.43 Å². The van der Waals surface area contributed by atoms with Crippen molar-refractivity contribution in [2.45, 2.75) is 0 Å². The van der Waals surface area contributed by atoms with Crippen LogP contribution < -0.4 is 5.43 Å². The molecule has 4 heteroatoms. The second-order valence-electron chi connectivity index (χ2n) is 1.69. The van der Waals surface area contributed by atoms with Gasteiger partial charge in [-0.3, -0.25) is 5.22 Å². The summed E-state index contributed by atoms with van der Waals surface area (Å²) in [6.07, 6.45) is 0. The fourth-order valence-electron chi connectivity index (χ4n) is 0.606. The highest BCUT2D eigenvalue weighted by molar-refractivity contribution is 6.33. The molecule has 0 aliphatic carbocycles. The Hall–Kier alpha value is -1.09. The van der Waals surface area contributed by atoms with Crippen LogP contribution in [0.3, 0.4) is 0 Å². The molecule has 1 aromatic carbocycles. The molecule has 1 N–H and O–H groups in total. The molecule has 10 heavy (non-hydrogen) atoms. The highest BCUT2D eigenvalue weighted by atomic mass is 35.5. The maximum Gasteiger partial charge on any atom is 0.0448 e. The second kappa shape index (κ2) is 3.17. The Bertz CT molecular complexity index is 236. The van der Waals surface area contributed by atoms with E-state index in [9.17, 15) is 0 Å². The molecule has 0 aliphatic rings. The summed E-state index contributed by atoms with van der Waals surface area (Å²) in [7, 11) is 0. The molecule has 0 spiro atoms. The topological polar surface area (TPSA) is 46.7 Å². The van der Waals surface area contributed by atoms with Crippen molar-refractivity contribution in [1.82, 2.24) is 0 Å². The number of rotatable bonds is 2. The monoisotopic (exact) mass is 154 g/mol. The summed E-state index contributed by atoms with van der Waals surface area (Å²) < 4.78 is 0. The molecule has 3 nitrogen and oxygen atoms in total. The summed E-state index contributed by atoms with van der Waals surface area (Å²) in [5.74, 6) is 0. The SMILES string of the molecule is [N-]=NNc1ccccc1Cl. The van der Waals surface area contributed by atoms with E-state index >= 15 is 0 Å². The van der Waals surface area contributed by atoms with Crippen LogP contribution in [0.5, 0.6) is 0 Å². The van der Waals surface area contributed by atoms with Crippen LogP contribution in [0.4, 0.5) is 5.69 Å². The van der Waals surface area contributed by atoms with Gasteiger partial charge in [0.1, 0.15) is 0 Å². The zero-order valence-electron chi connectivity index (χ0n) is 5.08. The van der Waals surface area contributed by atoms with Gasteiger partial charge in [0.15, 0.2) is 0 Å². The van der Waals surface area contributed by atoms with E-state index in [0.29, 0.717) is 10.7 Å². The van der Waals surface area contributed by atoms with Gasteiger partial charge in [-0.1, -0.05) is 29.8 Å². The molecule has 1 rings (SSSR count). The van der Waals surface area contributed by atoms with Gasteiger partial charge in [-0.25, -0.2) is 0 Å². The molecule has 0 amide bonds. The maximum absolute atomic E-state index is 8.10. The first-order chi connectivity index (χ1) is 4.84. The molecular weight excluding hydrogens is 150 g/mol. The first-order valence-corrected chi connectivity index (χ1v) is 3.07. The first kappa shape index (κ1) is 7.02. The lowest BCUT2D eigenvalue weighted by Crippen LogP contribution is -1.84. The predicted octanol–water partition coefficient (Wildman–Crippen LogP) is 2.69. The highest BCUT2D eigenvalue weighted by Crippen LogP contribution is 2.19. The minimum atomic E-state index is 0.528. The Kier molecular flexibility index (Phi) is 2.23. The van der Waals surface area contributed by atoms with Gasteiger partial charge in [-0.2, -0.15) is 0 Å². The molecule has 0 saturated carbocycles. The lowest BCUT2D eigenvalue weighted by Gasteiger charge is -2.06. The third-order valence-corrected chi connectivity index (χ3v) is 1.37. The molecule has 0 heterocycles. The minimum Gasteiger partial charge on any atom is -0.385 e. The van der Waals surface area contributed by atoms with Crippen LogP contribution in [-0.2, 0) is 0 Å². The highest BCUT2D eigenvalue weighted by Gasteiger charge is 1.88. The van der Waals surface area contributed by atoms with E-state index in [4.69, 9.17) is 17.1 Å². The van der Waals surface area contributed by atoms with Gasteiger partial charge >= 0.3 is 0 Å². The van der Waals surface area contributed by atoms with Crippen LogP contribution in [0.2, 0.25) is 5.02 Å². The molecule has 0 fully saturated rings. The summed E-state index contributed by atoms with van der Waals surface area (Å²) >= 11 is 5.67. The van der Waals surface area contributed by atoms with E-state index in [0.717, 1.165) is 0 Å². The largest absolute Gasteiger partial charge is 0.385 e. The van der Waals surface area contributed by atoms with Gasteiger partial charge in [0.2, 0.25) is 0 Å². The van der Waals surface area contributed by atoms with E-state index in [-0.39, 0.29) is 0 Å². The second-order valence-corrected chi connectivity index (χ2v) is 2.10. The molecular formula is C6H5ClN3-. The summed E-state index contributed by atoms with van der Waals surface area (Å²) in [4.78, 5) is 0. The molecule has 0 unspecified atom stereocenters. The van der Waals surface area contributed by atoms with Crippen LogP contribution in [0.15, 0.2) is 29.5 Å². The van der Waals surface area contributed by atoms with Crippen LogP contribution in [-0.4, -0.2) is 0 Å². The fourth-order valence-corrected chi connectivity index (χ4v) is 0.784. The van der Waals surface area contributed by atoms with E-state index in [1.165, 1.54) is 0 Å². The third kappa shape index (κ3) is 1.45. The molecule has 0 atom stereocenters. The van der Waals surface area contributed by atoms with Gasteiger partial charge in [-0.05, 0) is 11.8 Å². The molecule has 0 saturated heterocycles. The summed E-state index contributed by atoms with van der Waals surface area (Å²) in [5.41, 5.74) is 11.0. The number of nitrogens with zero attached hydrogens (tertiary/aromatic N) is 2. The summed E-state index contributed by atoms with van der Waals surface area (Å²) in [5, 5.41) is 3.26. The Morgan fingerprint density at radius 1 is 1.40 bits per heavy atom. The molecule has 1 aromatic rings. The van der Waals surface area contributed by atoms with E-state index in [2.05, 4.69) is 10.6 Å². The van der Waals surface area contributed by atoms with Crippen LogP contribution in [0.25, 0.3) is 5.53 Å². The molecule has 0 radical (unpaired) electrons. The van der Waals surface area contributed by atoms with Crippen molar-refractivity contribution in [1.29, 1.82) is 0 Å². The van der Waals surface area contributed by atoms with Gasteiger partial charge in [0.05, 0.1) is 0 Å². The lowest BCUT2D eigenvalue weighted by atomic mass is 10.3. The van der Waals surface area contributed by atoms with Gasteiger partial charge in [0.25, 0.3) is 0 Å². The third-order valence-electron chi connectivity index (χ3n) is 1.04. The average molecular weight is 155 g/mol. The number of halogens is 1. The van der Waals surface area contributed by atoms with Crippen LogP contribution in [0, 0.1) is 0 Å². The summed E-state index contributed by atoms with van der Waals surface area (Å²) in [6.45, 7) is 0. The first-order valence-electron chi connectivity index (χ1n) is 2.69. The van der Waals surface area contributed by atoms with E-state index in [1.54, 1.807) is 24.3 Å². The Morgan fingerprint density at radius 2 is 2.10 bits per heavy atom.